The normalized spacial score (nSPS) is 11.8. The Morgan fingerprint density at radius 3 is 1.65 bits per heavy atom. The molecule has 0 radical (unpaired) electrons. The summed E-state index contributed by atoms with van der Waals surface area (Å²) in [6.07, 6.45) is 3.94. The molecule has 3 heterocycles. The second kappa shape index (κ2) is 10.7. The standard InChI is InChI=1S/C44H27N3S/c1-3-11-28(12-4-1)30-23-31(29-13-5-2-6-14-29)25-32(24-30)33-26-45-44(46-27-33)47-39-17-9-7-15-34(39)36-20-19-35-37(43(36)47)21-22-41-42(35)38-16-8-10-18-40(38)48-41/h1-27H. The molecule has 48 heavy (non-hydrogen) atoms. The number of hydrogen-bond donors (Lipinski definition) is 0. The number of thiophene rings is 1. The molecule has 0 aliphatic carbocycles. The third-order valence-corrected chi connectivity index (χ3v) is 10.6. The molecular formula is C44H27N3S. The highest BCUT2D eigenvalue weighted by molar-refractivity contribution is 7.26. The number of hydrogen-bond acceptors (Lipinski definition) is 3. The second-order valence-electron chi connectivity index (χ2n) is 12.2. The van der Waals surface area contributed by atoms with Crippen LogP contribution in [0.4, 0.5) is 0 Å². The summed E-state index contributed by atoms with van der Waals surface area (Å²) in [4.78, 5) is 10.1. The van der Waals surface area contributed by atoms with Gasteiger partial charge in [0.05, 0.1) is 11.0 Å². The Bertz CT molecular complexity index is 2760. The van der Waals surface area contributed by atoms with E-state index in [-0.39, 0.29) is 0 Å². The molecule has 0 spiro atoms. The van der Waals surface area contributed by atoms with Gasteiger partial charge in [-0.25, -0.2) is 9.97 Å². The molecule has 0 aliphatic heterocycles. The smallest absolute Gasteiger partial charge is 0.234 e. The van der Waals surface area contributed by atoms with Gasteiger partial charge in [-0.2, -0.15) is 0 Å². The van der Waals surface area contributed by atoms with Crippen LogP contribution in [0.1, 0.15) is 0 Å². The minimum Gasteiger partial charge on any atom is -0.277 e. The Labute approximate surface area is 281 Å². The zero-order valence-corrected chi connectivity index (χ0v) is 26.7. The van der Waals surface area contributed by atoms with Gasteiger partial charge in [0.15, 0.2) is 0 Å². The van der Waals surface area contributed by atoms with Crippen molar-refractivity contribution in [3.05, 3.63) is 164 Å². The molecule has 10 aromatic rings. The van der Waals surface area contributed by atoms with Crippen molar-refractivity contribution in [1.82, 2.24) is 14.5 Å². The topological polar surface area (TPSA) is 30.7 Å². The highest BCUT2D eigenvalue weighted by Crippen LogP contribution is 2.43. The van der Waals surface area contributed by atoms with Crippen LogP contribution in [0.2, 0.25) is 0 Å². The Balaban J connectivity index is 1.18. The van der Waals surface area contributed by atoms with Gasteiger partial charge in [-0.05, 0) is 69.6 Å². The fraction of sp³-hybridized carbons (Fsp3) is 0. The first kappa shape index (κ1) is 27.1. The van der Waals surface area contributed by atoms with Gasteiger partial charge in [-0.15, -0.1) is 11.3 Å². The van der Waals surface area contributed by atoms with Crippen molar-refractivity contribution in [2.45, 2.75) is 0 Å². The van der Waals surface area contributed by atoms with Gasteiger partial charge in [-0.1, -0.05) is 115 Å². The van der Waals surface area contributed by atoms with Gasteiger partial charge in [0, 0.05) is 54.3 Å². The van der Waals surface area contributed by atoms with E-state index >= 15 is 0 Å². The monoisotopic (exact) mass is 629 g/mol. The second-order valence-corrected chi connectivity index (χ2v) is 13.3. The fourth-order valence-corrected chi connectivity index (χ4v) is 8.39. The molecular weight excluding hydrogens is 603 g/mol. The summed E-state index contributed by atoms with van der Waals surface area (Å²) in [6, 6.07) is 54.3. The molecule has 10 rings (SSSR count). The summed E-state index contributed by atoms with van der Waals surface area (Å²) < 4.78 is 4.86. The molecule has 0 amide bonds. The summed E-state index contributed by atoms with van der Waals surface area (Å²) in [5.41, 5.74) is 8.98. The number of para-hydroxylation sites is 1. The SMILES string of the molecule is c1ccc(-c2cc(-c3ccccc3)cc(-c3cnc(-n4c5ccccc5c5ccc6c(ccc7sc8ccccc8c76)c54)nc3)c2)cc1. The molecule has 0 fully saturated rings. The molecule has 0 bridgehead atoms. The van der Waals surface area contributed by atoms with Crippen molar-refractivity contribution < 1.29 is 0 Å². The van der Waals surface area contributed by atoms with Crippen molar-refractivity contribution in [2.75, 3.05) is 0 Å². The van der Waals surface area contributed by atoms with Crippen LogP contribution >= 0.6 is 11.3 Å². The maximum Gasteiger partial charge on any atom is 0.234 e. The van der Waals surface area contributed by atoms with Crippen molar-refractivity contribution >= 4 is 64.1 Å². The fourth-order valence-electron chi connectivity index (χ4n) is 7.27. The summed E-state index contributed by atoms with van der Waals surface area (Å²) in [6.45, 7) is 0. The summed E-state index contributed by atoms with van der Waals surface area (Å²) in [5, 5.41) is 7.47. The van der Waals surface area contributed by atoms with Crippen molar-refractivity contribution in [2.24, 2.45) is 0 Å². The molecule has 0 unspecified atom stereocenters. The molecule has 0 aliphatic rings. The summed E-state index contributed by atoms with van der Waals surface area (Å²) in [5.74, 6) is 0.662. The molecule has 224 valence electrons. The van der Waals surface area contributed by atoms with Crippen LogP contribution in [0.3, 0.4) is 0 Å². The van der Waals surface area contributed by atoms with Gasteiger partial charge in [0.2, 0.25) is 5.95 Å². The zero-order chi connectivity index (χ0) is 31.6. The lowest BCUT2D eigenvalue weighted by molar-refractivity contribution is 0.992. The Hall–Kier alpha value is -6.10. The van der Waals surface area contributed by atoms with Crippen LogP contribution < -0.4 is 0 Å². The predicted octanol–water partition coefficient (Wildman–Crippen LogP) is 12.1. The minimum absolute atomic E-state index is 0.662. The third-order valence-electron chi connectivity index (χ3n) is 9.49. The molecule has 0 saturated carbocycles. The van der Waals surface area contributed by atoms with Crippen LogP contribution in [-0.2, 0) is 0 Å². The Morgan fingerprint density at radius 1 is 0.396 bits per heavy atom. The van der Waals surface area contributed by atoms with E-state index < -0.39 is 0 Å². The van der Waals surface area contributed by atoms with Gasteiger partial charge < -0.3 is 0 Å². The number of fused-ring (bicyclic) bond motifs is 9. The highest BCUT2D eigenvalue weighted by Gasteiger charge is 2.19. The van der Waals surface area contributed by atoms with E-state index in [1.165, 1.54) is 52.8 Å². The van der Waals surface area contributed by atoms with E-state index in [1.54, 1.807) is 0 Å². The van der Waals surface area contributed by atoms with Crippen molar-refractivity contribution in [3.8, 4) is 39.3 Å². The van der Waals surface area contributed by atoms with Crippen LogP contribution in [0.25, 0.3) is 92.1 Å². The largest absolute Gasteiger partial charge is 0.277 e. The quantitative estimate of drug-likeness (QED) is 0.194. The van der Waals surface area contributed by atoms with Gasteiger partial charge in [0.25, 0.3) is 0 Å². The first-order valence-electron chi connectivity index (χ1n) is 16.1. The van der Waals surface area contributed by atoms with Crippen LogP contribution in [-0.4, -0.2) is 14.5 Å². The van der Waals surface area contributed by atoms with E-state index in [2.05, 4.69) is 156 Å². The number of benzene rings is 7. The maximum absolute atomic E-state index is 5.07. The van der Waals surface area contributed by atoms with E-state index in [0.29, 0.717) is 5.95 Å². The lowest BCUT2D eigenvalue weighted by Crippen LogP contribution is -2.01. The highest BCUT2D eigenvalue weighted by atomic mass is 32.1. The molecule has 0 atom stereocenters. The molecule has 3 nitrogen and oxygen atoms in total. The van der Waals surface area contributed by atoms with Gasteiger partial charge in [0.1, 0.15) is 0 Å². The van der Waals surface area contributed by atoms with Crippen molar-refractivity contribution in [1.29, 1.82) is 0 Å². The first-order chi connectivity index (χ1) is 23.8. The van der Waals surface area contributed by atoms with Gasteiger partial charge >= 0.3 is 0 Å². The Kier molecular flexibility index (Phi) is 6.05. The number of aromatic nitrogens is 3. The minimum atomic E-state index is 0.662. The average Bonchev–Trinajstić information content (AvgIpc) is 3.72. The van der Waals surface area contributed by atoms with Crippen molar-refractivity contribution in [3.63, 3.8) is 0 Å². The van der Waals surface area contributed by atoms with E-state index in [0.717, 1.165) is 33.3 Å². The predicted molar refractivity (Wildman–Crippen MR) is 203 cm³/mol. The third kappa shape index (κ3) is 4.20. The van der Waals surface area contributed by atoms with E-state index in [9.17, 15) is 0 Å². The summed E-state index contributed by atoms with van der Waals surface area (Å²) in [7, 11) is 0. The maximum atomic E-state index is 5.07. The average molecular weight is 630 g/mol. The molecule has 0 N–H and O–H groups in total. The molecule has 4 heteroatoms. The Morgan fingerprint density at radius 2 is 0.938 bits per heavy atom. The lowest BCUT2D eigenvalue weighted by Gasteiger charge is -2.12. The van der Waals surface area contributed by atoms with Gasteiger partial charge in [-0.3, -0.25) is 4.57 Å². The van der Waals surface area contributed by atoms with E-state index in [1.807, 2.05) is 23.7 Å². The molecule has 0 saturated heterocycles. The first-order valence-corrected chi connectivity index (χ1v) is 17.0. The lowest BCUT2D eigenvalue weighted by atomic mass is 9.94. The molecule has 7 aromatic carbocycles. The van der Waals surface area contributed by atoms with E-state index in [4.69, 9.17) is 9.97 Å². The zero-order valence-electron chi connectivity index (χ0n) is 25.8. The summed E-state index contributed by atoms with van der Waals surface area (Å²) >= 11 is 1.85. The van der Waals surface area contributed by atoms with Crippen LogP contribution in [0.5, 0.6) is 0 Å². The van der Waals surface area contributed by atoms with Crippen LogP contribution in [0.15, 0.2) is 164 Å². The molecule has 3 aromatic heterocycles. The number of rotatable bonds is 4. The number of nitrogens with zero attached hydrogens (tertiary/aromatic N) is 3. The van der Waals surface area contributed by atoms with Crippen LogP contribution in [0, 0.1) is 0 Å².